The van der Waals surface area contributed by atoms with Crippen molar-refractivity contribution in [3.8, 4) is 10.4 Å². The van der Waals surface area contributed by atoms with E-state index >= 15 is 0 Å². The Labute approximate surface area is 174 Å². The zero-order valence-corrected chi connectivity index (χ0v) is 17.8. The minimum Gasteiger partial charge on any atom is -0.339 e. The van der Waals surface area contributed by atoms with Gasteiger partial charge in [0.1, 0.15) is 0 Å². The number of nitrogens with zero attached hydrogens (tertiary/aromatic N) is 2. The maximum Gasteiger partial charge on any atom is 0.152 e. The van der Waals surface area contributed by atoms with Crippen molar-refractivity contribution in [2.45, 2.75) is 67.9 Å². The molecule has 2 aromatic heterocycles. The number of H-pyrrole nitrogens is 1. The molecule has 146 valence electrons. The summed E-state index contributed by atoms with van der Waals surface area (Å²) in [5.41, 5.74) is 3.49. The maximum absolute atomic E-state index is 4.82. The van der Waals surface area contributed by atoms with Crippen LogP contribution in [-0.4, -0.2) is 20.4 Å². The molecule has 0 aliphatic heterocycles. The van der Waals surface area contributed by atoms with Gasteiger partial charge in [-0.3, -0.25) is 5.10 Å². The first-order valence-electron chi connectivity index (χ1n) is 10.3. The third-order valence-corrected chi connectivity index (χ3v) is 8.11. The second-order valence-electron chi connectivity index (χ2n) is 7.99. The molecule has 0 saturated heterocycles. The smallest absolute Gasteiger partial charge is 0.152 e. The summed E-state index contributed by atoms with van der Waals surface area (Å²) in [6.45, 7) is 2.02. The number of thiazole rings is 1. The highest BCUT2D eigenvalue weighted by atomic mass is 32.2. The van der Waals surface area contributed by atoms with Crippen LogP contribution in [0.4, 0.5) is 11.5 Å². The Morgan fingerprint density at radius 3 is 2.71 bits per heavy atom. The van der Waals surface area contributed by atoms with E-state index in [1.807, 2.05) is 36.1 Å². The molecule has 0 radical (unpaired) electrons. The second kappa shape index (κ2) is 7.91. The highest BCUT2D eigenvalue weighted by Crippen LogP contribution is 2.46. The van der Waals surface area contributed by atoms with Crippen LogP contribution >= 0.6 is 23.1 Å². The number of nitrogens with one attached hydrogen (secondary N) is 2. The molecular weight excluding hydrogens is 384 g/mol. The van der Waals surface area contributed by atoms with E-state index in [-0.39, 0.29) is 0 Å². The largest absolute Gasteiger partial charge is 0.339 e. The van der Waals surface area contributed by atoms with Gasteiger partial charge in [0.05, 0.1) is 9.88 Å². The van der Waals surface area contributed by atoms with Crippen LogP contribution in [0.15, 0.2) is 35.4 Å². The predicted molar refractivity (Wildman–Crippen MR) is 119 cm³/mol. The van der Waals surface area contributed by atoms with Gasteiger partial charge in [-0.05, 0) is 44.7 Å². The van der Waals surface area contributed by atoms with Gasteiger partial charge in [0.2, 0.25) is 0 Å². The lowest BCUT2D eigenvalue weighted by Gasteiger charge is -2.18. The van der Waals surface area contributed by atoms with Crippen LogP contribution < -0.4 is 5.32 Å². The van der Waals surface area contributed by atoms with Crippen LogP contribution in [0, 0.1) is 6.92 Å². The van der Waals surface area contributed by atoms with Gasteiger partial charge in [0.15, 0.2) is 5.82 Å². The Bertz CT molecular complexity index is 951. The number of rotatable bonds is 6. The van der Waals surface area contributed by atoms with E-state index in [1.54, 1.807) is 0 Å². The van der Waals surface area contributed by atoms with Crippen LogP contribution in [0.25, 0.3) is 10.4 Å². The Kier molecular flexibility index (Phi) is 5.16. The molecule has 0 unspecified atom stereocenters. The molecule has 2 fully saturated rings. The van der Waals surface area contributed by atoms with E-state index in [0.29, 0.717) is 5.92 Å². The van der Waals surface area contributed by atoms with Crippen molar-refractivity contribution in [2.75, 3.05) is 5.32 Å². The molecule has 2 aliphatic rings. The standard InChI is InChI=1S/C22H26N4S2/c1-14-11-21(26-25-14)24-16-7-10-18(19(12-16)27-17-8-9-17)20-13-23-22(28-20)15-5-3-2-4-6-15/h7,10-13,15,17H,2-6,8-9H2,1H3,(H2,24,25,26). The van der Waals surface area contributed by atoms with Crippen LogP contribution in [0.3, 0.4) is 0 Å². The molecule has 2 aliphatic carbocycles. The summed E-state index contributed by atoms with van der Waals surface area (Å²) < 4.78 is 0. The number of hydrogen-bond acceptors (Lipinski definition) is 5. The molecule has 6 heteroatoms. The average Bonchev–Trinajstić information content (AvgIpc) is 3.22. The van der Waals surface area contributed by atoms with Crippen molar-refractivity contribution in [2.24, 2.45) is 0 Å². The third-order valence-electron chi connectivity index (χ3n) is 5.52. The van der Waals surface area contributed by atoms with Gasteiger partial charge in [-0.1, -0.05) is 25.3 Å². The lowest BCUT2D eigenvalue weighted by molar-refractivity contribution is 0.442. The fourth-order valence-corrected chi connectivity index (χ4v) is 6.27. The summed E-state index contributed by atoms with van der Waals surface area (Å²) in [6, 6.07) is 8.73. The van der Waals surface area contributed by atoms with Gasteiger partial charge in [0, 0.05) is 45.3 Å². The van der Waals surface area contributed by atoms with Crippen molar-refractivity contribution >= 4 is 34.6 Å². The van der Waals surface area contributed by atoms with Gasteiger partial charge in [0.25, 0.3) is 0 Å². The van der Waals surface area contributed by atoms with Crippen LogP contribution in [0.1, 0.15) is 61.6 Å². The Morgan fingerprint density at radius 2 is 1.96 bits per heavy atom. The molecule has 0 amide bonds. The summed E-state index contributed by atoms with van der Waals surface area (Å²) in [5.74, 6) is 1.54. The van der Waals surface area contributed by atoms with Crippen molar-refractivity contribution in [1.29, 1.82) is 0 Å². The second-order valence-corrected chi connectivity index (χ2v) is 10.4. The minimum atomic E-state index is 0.677. The van der Waals surface area contributed by atoms with E-state index in [2.05, 4.69) is 39.9 Å². The van der Waals surface area contributed by atoms with Crippen molar-refractivity contribution in [3.63, 3.8) is 0 Å². The first-order chi connectivity index (χ1) is 13.7. The van der Waals surface area contributed by atoms with Crippen LogP contribution in [-0.2, 0) is 0 Å². The van der Waals surface area contributed by atoms with Gasteiger partial charge < -0.3 is 5.32 Å². The molecule has 3 aromatic rings. The highest BCUT2D eigenvalue weighted by molar-refractivity contribution is 8.00. The number of aromatic amines is 1. The summed E-state index contributed by atoms with van der Waals surface area (Å²) in [7, 11) is 0. The molecule has 5 rings (SSSR count). The van der Waals surface area contributed by atoms with Crippen molar-refractivity contribution in [1.82, 2.24) is 15.2 Å². The normalized spacial score (nSPS) is 17.8. The highest BCUT2D eigenvalue weighted by Gasteiger charge is 2.25. The predicted octanol–water partition coefficient (Wildman–Crippen LogP) is 6.89. The van der Waals surface area contributed by atoms with E-state index in [4.69, 9.17) is 4.98 Å². The first kappa shape index (κ1) is 18.3. The lowest BCUT2D eigenvalue weighted by Crippen LogP contribution is -2.03. The SMILES string of the molecule is Cc1cc(Nc2ccc(-c3cnc(C4CCCCC4)s3)c(SC3CC3)c2)n[nH]1. The van der Waals surface area contributed by atoms with Gasteiger partial charge in [-0.2, -0.15) is 5.10 Å². The number of thioether (sulfide) groups is 1. The van der Waals surface area contributed by atoms with E-state index in [9.17, 15) is 0 Å². The third kappa shape index (κ3) is 4.13. The summed E-state index contributed by atoms with van der Waals surface area (Å²) in [6.07, 6.45) is 11.5. The van der Waals surface area contributed by atoms with Crippen molar-refractivity contribution in [3.05, 3.63) is 41.2 Å². The molecule has 1 aromatic carbocycles. The number of aryl methyl sites for hydroxylation is 1. The Morgan fingerprint density at radius 1 is 1.11 bits per heavy atom. The topological polar surface area (TPSA) is 53.6 Å². The number of anilines is 2. The van der Waals surface area contributed by atoms with E-state index in [1.165, 1.54) is 65.3 Å². The zero-order valence-electron chi connectivity index (χ0n) is 16.2. The zero-order chi connectivity index (χ0) is 18.9. The number of hydrogen-bond donors (Lipinski definition) is 2. The quantitative estimate of drug-likeness (QED) is 0.465. The molecule has 2 N–H and O–H groups in total. The molecular formula is C22H26N4S2. The molecule has 0 spiro atoms. The average molecular weight is 411 g/mol. The Balaban J connectivity index is 1.42. The van der Waals surface area contributed by atoms with Gasteiger partial charge in [-0.25, -0.2) is 4.98 Å². The molecule has 0 bridgehead atoms. The summed E-state index contributed by atoms with van der Waals surface area (Å²) >= 11 is 3.92. The molecule has 2 heterocycles. The van der Waals surface area contributed by atoms with Crippen molar-refractivity contribution < 1.29 is 0 Å². The van der Waals surface area contributed by atoms with Gasteiger partial charge in [-0.15, -0.1) is 23.1 Å². The minimum absolute atomic E-state index is 0.677. The van der Waals surface area contributed by atoms with E-state index < -0.39 is 0 Å². The van der Waals surface area contributed by atoms with E-state index in [0.717, 1.165) is 22.4 Å². The summed E-state index contributed by atoms with van der Waals surface area (Å²) in [5, 5.41) is 12.8. The lowest BCUT2D eigenvalue weighted by atomic mass is 9.90. The molecule has 4 nitrogen and oxygen atoms in total. The van der Waals surface area contributed by atoms with Crippen LogP contribution in [0.5, 0.6) is 0 Å². The Hall–Kier alpha value is -1.79. The van der Waals surface area contributed by atoms with Gasteiger partial charge >= 0.3 is 0 Å². The monoisotopic (exact) mass is 410 g/mol. The fourth-order valence-electron chi connectivity index (χ4n) is 3.85. The fraction of sp³-hybridized carbons (Fsp3) is 0.455. The number of aromatic nitrogens is 3. The molecule has 28 heavy (non-hydrogen) atoms. The van der Waals surface area contributed by atoms with Crippen LogP contribution in [0.2, 0.25) is 0 Å². The first-order valence-corrected chi connectivity index (χ1v) is 12.0. The molecule has 0 atom stereocenters. The number of benzene rings is 1. The summed E-state index contributed by atoms with van der Waals surface area (Å²) in [4.78, 5) is 7.50. The molecule has 2 saturated carbocycles. The maximum atomic E-state index is 4.82.